The zero-order chi connectivity index (χ0) is 12.7. The number of hydrogen-bond donors (Lipinski definition) is 0. The van der Waals surface area contributed by atoms with Gasteiger partial charge in [-0.3, -0.25) is 14.9 Å². The highest BCUT2D eigenvalue weighted by Crippen LogP contribution is 2.17. The first kappa shape index (κ1) is 14.7. The van der Waals surface area contributed by atoms with Crippen molar-refractivity contribution in [3.63, 3.8) is 0 Å². The zero-order valence-corrected chi connectivity index (χ0v) is 10.5. The Balaban J connectivity index is 0.00000106. The lowest BCUT2D eigenvalue weighted by Gasteiger charge is -1.98. The van der Waals surface area contributed by atoms with Gasteiger partial charge in [-0.1, -0.05) is 29.8 Å². The number of non-ortho nitro benzene ring substituents is 1. The second-order valence-electron chi connectivity index (χ2n) is 2.48. The van der Waals surface area contributed by atoms with Crippen LogP contribution in [-0.4, -0.2) is 16.0 Å². The summed E-state index contributed by atoms with van der Waals surface area (Å²) in [5, 5.41) is 10.3. The minimum Gasteiger partial charge on any atom is -0.293 e. The molecule has 0 aliphatic heterocycles. The Morgan fingerprint density at radius 3 is 2.50 bits per heavy atom. The third-order valence-corrected chi connectivity index (χ3v) is 2.09. The quantitative estimate of drug-likeness (QED) is 0.371. The Labute approximate surface area is 101 Å². The standard InChI is InChI=1S/C8H5BrFNO3.C2H6/c9-4-8(12)6-3-5(11(13)14)1-2-7(6)10;1-2/h1-3H,4H2;1-2H3. The molecule has 0 radical (unpaired) electrons. The van der Waals surface area contributed by atoms with Crippen molar-refractivity contribution in [1.82, 2.24) is 0 Å². The molecule has 0 N–H and O–H groups in total. The van der Waals surface area contributed by atoms with Crippen molar-refractivity contribution in [3.8, 4) is 0 Å². The predicted molar refractivity (Wildman–Crippen MR) is 62.5 cm³/mol. The van der Waals surface area contributed by atoms with Crippen LogP contribution < -0.4 is 0 Å². The van der Waals surface area contributed by atoms with Gasteiger partial charge in [0.2, 0.25) is 0 Å². The van der Waals surface area contributed by atoms with Crippen molar-refractivity contribution in [2.24, 2.45) is 0 Å². The van der Waals surface area contributed by atoms with Crippen LogP contribution in [0.4, 0.5) is 10.1 Å². The Kier molecular flexibility index (Phi) is 6.48. The summed E-state index contributed by atoms with van der Waals surface area (Å²) in [6, 6.07) is 2.85. The van der Waals surface area contributed by atoms with E-state index in [1.807, 2.05) is 13.8 Å². The highest BCUT2D eigenvalue weighted by molar-refractivity contribution is 9.09. The number of carbonyl (C=O) groups is 1. The molecule has 0 saturated heterocycles. The average Bonchev–Trinajstić information content (AvgIpc) is 2.31. The van der Waals surface area contributed by atoms with Gasteiger partial charge in [-0.2, -0.15) is 0 Å². The van der Waals surface area contributed by atoms with Crippen LogP contribution >= 0.6 is 15.9 Å². The summed E-state index contributed by atoms with van der Waals surface area (Å²) in [6.07, 6.45) is 0. The Morgan fingerprint density at radius 2 is 2.06 bits per heavy atom. The van der Waals surface area contributed by atoms with Gasteiger partial charge in [0.25, 0.3) is 5.69 Å². The Hall–Kier alpha value is -1.30. The van der Waals surface area contributed by atoms with Crippen molar-refractivity contribution in [2.45, 2.75) is 13.8 Å². The molecule has 1 rings (SSSR count). The van der Waals surface area contributed by atoms with Gasteiger partial charge >= 0.3 is 0 Å². The first-order chi connectivity index (χ1) is 7.56. The Morgan fingerprint density at radius 1 is 1.50 bits per heavy atom. The zero-order valence-electron chi connectivity index (χ0n) is 8.87. The fourth-order valence-corrected chi connectivity index (χ4v) is 1.21. The largest absolute Gasteiger partial charge is 0.293 e. The molecule has 0 spiro atoms. The lowest BCUT2D eigenvalue weighted by atomic mass is 10.1. The SMILES string of the molecule is CC.O=C(CBr)c1cc([N+](=O)[O-])ccc1F. The van der Waals surface area contributed by atoms with Crippen LogP contribution in [0.25, 0.3) is 0 Å². The second-order valence-corrected chi connectivity index (χ2v) is 3.04. The van der Waals surface area contributed by atoms with Gasteiger partial charge < -0.3 is 0 Å². The van der Waals surface area contributed by atoms with Crippen molar-refractivity contribution in [3.05, 3.63) is 39.7 Å². The molecule has 0 bridgehead atoms. The van der Waals surface area contributed by atoms with Crippen molar-refractivity contribution in [1.29, 1.82) is 0 Å². The van der Waals surface area contributed by atoms with Gasteiger partial charge in [0.15, 0.2) is 5.78 Å². The fourth-order valence-electron chi connectivity index (χ4n) is 0.912. The number of nitro groups is 1. The summed E-state index contributed by atoms with van der Waals surface area (Å²) in [7, 11) is 0. The van der Waals surface area contributed by atoms with E-state index in [1.54, 1.807) is 0 Å². The first-order valence-electron chi connectivity index (χ1n) is 4.59. The lowest BCUT2D eigenvalue weighted by Crippen LogP contribution is -2.04. The predicted octanol–water partition coefficient (Wildman–Crippen LogP) is 3.34. The van der Waals surface area contributed by atoms with Crippen LogP contribution in [0.1, 0.15) is 24.2 Å². The third-order valence-electron chi connectivity index (χ3n) is 1.58. The summed E-state index contributed by atoms with van der Waals surface area (Å²) in [6.45, 7) is 4.00. The number of carbonyl (C=O) groups excluding carboxylic acids is 1. The average molecular weight is 292 g/mol. The van der Waals surface area contributed by atoms with E-state index in [0.29, 0.717) is 0 Å². The van der Waals surface area contributed by atoms with Crippen LogP contribution in [0, 0.1) is 15.9 Å². The molecule has 88 valence electrons. The van der Waals surface area contributed by atoms with Crippen LogP contribution in [0.15, 0.2) is 18.2 Å². The van der Waals surface area contributed by atoms with Gasteiger partial charge in [-0.15, -0.1) is 0 Å². The highest BCUT2D eigenvalue weighted by atomic mass is 79.9. The normalized spacial score (nSPS) is 9.00. The minimum absolute atomic E-state index is 0.0644. The topological polar surface area (TPSA) is 60.2 Å². The van der Waals surface area contributed by atoms with E-state index in [0.717, 1.165) is 18.2 Å². The van der Waals surface area contributed by atoms with E-state index in [4.69, 9.17) is 0 Å². The monoisotopic (exact) mass is 291 g/mol. The number of rotatable bonds is 3. The molecule has 0 fully saturated rings. The maximum atomic E-state index is 13.0. The molecule has 0 unspecified atom stereocenters. The van der Waals surface area contributed by atoms with Gasteiger partial charge in [-0.25, -0.2) is 4.39 Å². The molecular formula is C10H11BrFNO3. The number of ketones is 1. The number of alkyl halides is 1. The maximum Gasteiger partial charge on any atom is 0.270 e. The van der Waals surface area contributed by atoms with Crippen molar-refractivity contribution < 1.29 is 14.1 Å². The summed E-state index contributed by atoms with van der Waals surface area (Å²) >= 11 is 2.86. The van der Waals surface area contributed by atoms with Crippen LogP contribution in [-0.2, 0) is 0 Å². The number of benzene rings is 1. The molecule has 1 aromatic rings. The second kappa shape index (κ2) is 7.05. The smallest absolute Gasteiger partial charge is 0.270 e. The molecule has 0 aromatic heterocycles. The maximum absolute atomic E-state index is 13.0. The van der Waals surface area contributed by atoms with Crippen LogP contribution in [0.3, 0.4) is 0 Å². The molecule has 0 amide bonds. The molecule has 1 aromatic carbocycles. The molecular weight excluding hydrogens is 281 g/mol. The lowest BCUT2D eigenvalue weighted by molar-refractivity contribution is -0.384. The molecule has 0 heterocycles. The summed E-state index contributed by atoms with van der Waals surface area (Å²) in [4.78, 5) is 20.8. The van der Waals surface area contributed by atoms with E-state index in [9.17, 15) is 19.3 Å². The van der Waals surface area contributed by atoms with E-state index in [1.165, 1.54) is 0 Å². The molecule has 16 heavy (non-hydrogen) atoms. The van der Waals surface area contributed by atoms with Gasteiger partial charge in [0.1, 0.15) is 5.82 Å². The van der Waals surface area contributed by atoms with E-state index < -0.39 is 16.5 Å². The number of nitrogens with zero attached hydrogens (tertiary/aromatic N) is 1. The number of nitro benzene ring substituents is 1. The van der Waals surface area contributed by atoms with Gasteiger partial charge in [0.05, 0.1) is 15.8 Å². The molecule has 6 heteroatoms. The van der Waals surface area contributed by atoms with E-state index in [2.05, 4.69) is 15.9 Å². The summed E-state index contributed by atoms with van der Waals surface area (Å²) in [5.74, 6) is -1.27. The molecule has 0 aliphatic carbocycles. The fraction of sp³-hybridized carbons (Fsp3) is 0.300. The van der Waals surface area contributed by atoms with E-state index in [-0.39, 0.29) is 16.6 Å². The van der Waals surface area contributed by atoms with Gasteiger partial charge in [0, 0.05) is 12.1 Å². The molecule has 4 nitrogen and oxygen atoms in total. The van der Waals surface area contributed by atoms with Crippen LogP contribution in [0.2, 0.25) is 0 Å². The molecule has 0 saturated carbocycles. The summed E-state index contributed by atoms with van der Waals surface area (Å²) in [5.41, 5.74) is -0.563. The van der Waals surface area contributed by atoms with E-state index >= 15 is 0 Å². The number of halogens is 2. The summed E-state index contributed by atoms with van der Waals surface area (Å²) < 4.78 is 13.0. The molecule has 0 atom stereocenters. The van der Waals surface area contributed by atoms with Crippen LogP contribution in [0.5, 0.6) is 0 Å². The van der Waals surface area contributed by atoms with Crippen molar-refractivity contribution in [2.75, 3.05) is 5.33 Å². The number of Topliss-reactive ketones (excluding diaryl/α,β-unsaturated/α-hetero) is 1. The van der Waals surface area contributed by atoms with Gasteiger partial charge in [-0.05, 0) is 6.07 Å². The Bertz CT molecular complexity index is 396. The number of hydrogen-bond acceptors (Lipinski definition) is 3. The molecule has 0 aliphatic rings. The first-order valence-corrected chi connectivity index (χ1v) is 5.71. The highest BCUT2D eigenvalue weighted by Gasteiger charge is 2.15. The minimum atomic E-state index is -0.750. The van der Waals surface area contributed by atoms with Crippen molar-refractivity contribution >= 4 is 27.4 Å². The third kappa shape index (κ3) is 3.69.